The molecule has 2 aromatic carbocycles. The van der Waals surface area contributed by atoms with Crippen molar-refractivity contribution in [2.45, 2.75) is 13.1 Å². The molecule has 21 heavy (non-hydrogen) atoms. The van der Waals surface area contributed by atoms with E-state index in [1.165, 1.54) is 0 Å². The second kappa shape index (κ2) is 5.95. The van der Waals surface area contributed by atoms with E-state index < -0.39 is 0 Å². The zero-order chi connectivity index (χ0) is 14.7. The molecule has 0 bridgehead atoms. The highest BCUT2D eigenvalue weighted by molar-refractivity contribution is 5.80. The summed E-state index contributed by atoms with van der Waals surface area (Å²) in [6.45, 7) is 0.992. The molecule has 0 unspecified atom stereocenters. The van der Waals surface area contributed by atoms with Gasteiger partial charge in [0.25, 0.3) is 0 Å². The summed E-state index contributed by atoms with van der Waals surface area (Å²) < 4.78 is 7.68. The molecule has 0 saturated heterocycles. The third-order valence-electron chi connectivity index (χ3n) is 3.35. The number of rotatable bonds is 5. The number of nitrogens with two attached hydrogens (primary N) is 1. The fourth-order valence-corrected chi connectivity index (χ4v) is 2.30. The Morgan fingerprint density at radius 3 is 2.86 bits per heavy atom. The molecule has 0 spiro atoms. The number of aliphatic hydroxyl groups is 1. The molecule has 0 aliphatic carbocycles. The first-order valence-corrected chi connectivity index (χ1v) is 6.84. The summed E-state index contributed by atoms with van der Waals surface area (Å²) in [6, 6.07) is 13.5. The predicted octanol–water partition coefficient (Wildman–Crippen LogP) is 2.28. The molecule has 1 aromatic heterocycles. The van der Waals surface area contributed by atoms with Crippen LogP contribution in [0.3, 0.4) is 0 Å². The van der Waals surface area contributed by atoms with Crippen LogP contribution in [0.25, 0.3) is 10.9 Å². The summed E-state index contributed by atoms with van der Waals surface area (Å²) in [5, 5.41) is 14.2. The van der Waals surface area contributed by atoms with Crippen molar-refractivity contribution in [3.8, 4) is 11.5 Å². The number of ether oxygens (including phenoxy) is 1. The molecule has 3 N–H and O–H groups in total. The number of fused-ring (bicyclic) bond motifs is 1. The van der Waals surface area contributed by atoms with Gasteiger partial charge in [0.1, 0.15) is 11.5 Å². The average Bonchev–Trinajstić information content (AvgIpc) is 2.91. The van der Waals surface area contributed by atoms with Crippen molar-refractivity contribution < 1.29 is 9.84 Å². The maximum atomic E-state index is 9.01. The van der Waals surface area contributed by atoms with Gasteiger partial charge in [-0.05, 0) is 24.3 Å². The zero-order valence-corrected chi connectivity index (χ0v) is 11.6. The Kier molecular flexibility index (Phi) is 3.85. The topological polar surface area (TPSA) is 73.3 Å². The van der Waals surface area contributed by atoms with Crippen LogP contribution in [0, 0.1) is 0 Å². The highest BCUT2D eigenvalue weighted by Crippen LogP contribution is 2.27. The first-order valence-electron chi connectivity index (χ1n) is 6.84. The van der Waals surface area contributed by atoms with Crippen molar-refractivity contribution in [3.05, 3.63) is 54.2 Å². The van der Waals surface area contributed by atoms with Gasteiger partial charge in [-0.2, -0.15) is 5.10 Å². The number of nitrogens with zero attached hydrogens (tertiary/aromatic N) is 2. The lowest BCUT2D eigenvalue weighted by molar-refractivity contribution is 0.271. The van der Waals surface area contributed by atoms with Gasteiger partial charge in [-0.15, -0.1) is 0 Å². The van der Waals surface area contributed by atoms with Crippen molar-refractivity contribution in [2.24, 2.45) is 5.73 Å². The monoisotopic (exact) mass is 283 g/mol. The molecule has 5 heteroatoms. The van der Waals surface area contributed by atoms with Crippen molar-refractivity contribution in [1.82, 2.24) is 9.78 Å². The van der Waals surface area contributed by atoms with E-state index in [-0.39, 0.29) is 6.61 Å². The number of benzene rings is 2. The molecular formula is C16H17N3O2. The van der Waals surface area contributed by atoms with Crippen LogP contribution in [0.15, 0.2) is 48.7 Å². The first kappa shape index (κ1) is 13.6. The number of aromatic nitrogens is 2. The summed E-state index contributed by atoms with van der Waals surface area (Å²) >= 11 is 0. The van der Waals surface area contributed by atoms with E-state index in [1.807, 2.05) is 42.5 Å². The number of hydrogen-bond acceptors (Lipinski definition) is 4. The van der Waals surface area contributed by atoms with E-state index in [2.05, 4.69) is 5.10 Å². The van der Waals surface area contributed by atoms with Crippen LogP contribution < -0.4 is 10.5 Å². The number of para-hydroxylation sites is 1. The second-order valence-corrected chi connectivity index (χ2v) is 4.73. The van der Waals surface area contributed by atoms with Crippen molar-refractivity contribution in [3.63, 3.8) is 0 Å². The summed E-state index contributed by atoms with van der Waals surface area (Å²) in [4.78, 5) is 0. The molecule has 108 valence electrons. The lowest BCUT2D eigenvalue weighted by atomic mass is 10.2. The van der Waals surface area contributed by atoms with Crippen LogP contribution in [0.4, 0.5) is 0 Å². The van der Waals surface area contributed by atoms with Crippen molar-refractivity contribution in [1.29, 1.82) is 0 Å². The fourth-order valence-electron chi connectivity index (χ4n) is 2.30. The van der Waals surface area contributed by atoms with Crippen LogP contribution >= 0.6 is 0 Å². The lowest BCUT2D eigenvalue weighted by Crippen LogP contribution is -2.03. The van der Waals surface area contributed by atoms with E-state index in [4.69, 9.17) is 15.6 Å². The van der Waals surface area contributed by atoms with Gasteiger partial charge in [0.15, 0.2) is 0 Å². The van der Waals surface area contributed by atoms with Gasteiger partial charge >= 0.3 is 0 Å². The molecular weight excluding hydrogens is 266 g/mol. The molecule has 0 aliphatic heterocycles. The third kappa shape index (κ3) is 2.74. The van der Waals surface area contributed by atoms with Gasteiger partial charge in [-0.3, -0.25) is 4.68 Å². The van der Waals surface area contributed by atoms with Crippen LogP contribution in [0.1, 0.15) is 5.56 Å². The van der Waals surface area contributed by atoms with E-state index in [0.29, 0.717) is 13.1 Å². The van der Waals surface area contributed by atoms with Gasteiger partial charge in [0, 0.05) is 17.5 Å². The van der Waals surface area contributed by atoms with Crippen molar-refractivity contribution in [2.75, 3.05) is 6.61 Å². The SMILES string of the molecule is NCc1ccccc1Oc1ccc2c(cnn2CCO)c1. The molecule has 1 heterocycles. The lowest BCUT2D eigenvalue weighted by Gasteiger charge is -2.10. The quantitative estimate of drug-likeness (QED) is 0.753. The average molecular weight is 283 g/mol. The Hall–Kier alpha value is -2.37. The van der Waals surface area contributed by atoms with Crippen LogP contribution in [0.2, 0.25) is 0 Å². The normalized spacial score (nSPS) is 11.0. The third-order valence-corrected chi connectivity index (χ3v) is 3.35. The summed E-state index contributed by atoms with van der Waals surface area (Å²) in [5.41, 5.74) is 7.66. The molecule has 0 amide bonds. The second-order valence-electron chi connectivity index (χ2n) is 4.73. The van der Waals surface area contributed by atoms with Crippen LogP contribution in [0.5, 0.6) is 11.5 Å². The highest BCUT2D eigenvalue weighted by Gasteiger charge is 2.06. The van der Waals surface area contributed by atoms with Crippen LogP contribution in [-0.4, -0.2) is 21.5 Å². The minimum Gasteiger partial charge on any atom is -0.457 e. The van der Waals surface area contributed by atoms with Gasteiger partial charge in [-0.1, -0.05) is 18.2 Å². The van der Waals surface area contributed by atoms with Crippen LogP contribution in [-0.2, 0) is 13.1 Å². The summed E-state index contributed by atoms with van der Waals surface area (Å²) in [7, 11) is 0. The molecule has 0 radical (unpaired) electrons. The fraction of sp³-hybridized carbons (Fsp3) is 0.188. The minimum absolute atomic E-state index is 0.0684. The minimum atomic E-state index is 0.0684. The molecule has 0 aliphatic rings. The van der Waals surface area contributed by atoms with E-state index in [1.54, 1.807) is 10.9 Å². The highest BCUT2D eigenvalue weighted by atomic mass is 16.5. The van der Waals surface area contributed by atoms with E-state index in [9.17, 15) is 0 Å². The molecule has 0 atom stereocenters. The Labute approximate surface area is 122 Å². The number of aliphatic hydroxyl groups excluding tert-OH is 1. The first-order chi connectivity index (χ1) is 10.3. The molecule has 5 nitrogen and oxygen atoms in total. The summed E-state index contributed by atoms with van der Waals surface area (Å²) in [5.74, 6) is 1.51. The Morgan fingerprint density at radius 1 is 1.19 bits per heavy atom. The van der Waals surface area contributed by atoms with Gasteiger partial charge in [0.05, 0.1) is 24.9 Å². The van der Waals surface area contributed by atoms with Gasteiger partial charge < -0.3 is 15.6 Å². The Morgan fingerprint density at radius 2 is 2.05 bits per heavy atom. The summed E-state index contributed by atoms with van der Waals surface area (Å²) in [6.07, 6.45) is 1.77. The molecule has 3 rings (SSSR count). The maximum absolute atomic E-state index is 9.01. The predicted molar refractivity (Wildman–Crippen MR) is 81.2 cm³/mol. The Bertz CT molecular complexity index is 752. The molecule has 0 fully saturated rings. The Balaban J connectivity index is 1.91. The van der Waals surface area contributed by atoms with Crippen molar-refractivity contribution >= 4 is 10.9 Å². The number of hydrogen-bond donors (Lipinski definition) is 2. The maximum Gasteiger partial charge on any atom is 0.131 e. The standard InChI is InChI=1S/C16H17N3O2/c17-10-12-3-1-2-4-16(12)21-14-5-6-15-13(9-14)11-18-19(15)7-8-20/h1-6,9,11,20H,7-8,10,17H2. The van der Waals surface area contributed by atoms with E-state index >= 15 is 0 Å². The van der Waals surface area contributed by atoms with E-state index in [0.717, 1.165) is 28.0 Å². The van der Waals surface area contributed by atoms with Gasteiger partial charge in [0.2, 0.25) is 0 Å². The smallest absolute Gasteiger partial charge is 0.131 e. The van der Waals surface area contributed by atoms with Gasteiger partial charge in [-0.25, -0.2) is 0 Å². The molecule has 0 saturated carbocycles. The largest absolute Gasteiger partial charge is 0.457 e. The molecule has 3 aromatic rings. The zero-order valence-electron chi connectivity index (χ0n) is 11.6.